The Morgan fingerprint density at radius 2 is 1.73 bits per heavy atom. The van der Waals surface area contributed by atoms with Crippen molar-refractivity contribution in [2.24, 2.45) is 0 Å². The summed E-state index contributed by atoms with van der Waals surface area (Å²) in [5.41, 5.74) is 2.24. The number of anilines is 2. The van der Waals surface area contributed by atoms with Gasteiger partial charge in [-0.25, -0.2) is 4.79 Å². The Hall–Kier alpha value is -2.90. The van der Waals surface area contributed by atoms with Crippen LogP contribution in [0, 0.1) is 0 Å². The van der Waals surface area contributed by atoms with Gasteiger partial charge in [0.2, 0.25) is 0 Å². The van der Waals surface area contributed by atoms with E-state index < -0.39 is 17.8 Å². The molecule has 1 N–H and O–H groups in total. The van der Waals surface area contributed by atoms with Crippen LogP contribution in [-0.2, 0) is 19.1 Å². The number of piperazine rings is 1. The molecule has 2 aliphatic rings. The summed E-state index contributed by atoms with van der Waals surface area (Å²) in [6.07, 6.45) is -5.04. The first-order valence-corrected chi connectivity index (χ1v) is 10.0. The summed E-state index contributed by atoms with van der Waals surface area (Å²) in [6.45, 7) is 3.98. The van der Waals surface area contributed by atoms with Gasteiger partial charge < -0.3 is 19.8 Å². The van der Waals surface area contributed by atoms with E-state index in [2.05, 4.69) is 4.90 Å². The van der Waals surface area contributed by atoms with Gasteiger partial charge in [-0.05, 0) is 48.7 Å². The highest BCUT2D eigenvalue weighted by atomic mass is 19.4. The third kappa shape index (κ3) is 3.78. The van der Waals surface area contributed by atoms with Crippen molar-refractivity contribution in [2.75, 3.05) is 36.0 Å². The smallest absolute Gasteiger partial charge is 0.416 e. The second-order valence-electron chi connectivity index (χ2n) is 7.87. The van der Waals surface area contributed by atoms with Crippen molar-refractivity contribution >= 4 is 17.5 Å². The molecule has 0 aliphatic carbocycles. The minimum absolute atomic E-state index is 0.233. The first-order chi connectivity index (χ1) is 14.3. The number of halogens is 3. The fourth-order valence-corrected chi connectivity index (χ4v) is 4.54. The third-order valence-electron chi connectivity index (χ3n) is 6.03. The van der Waals surface area contributed by atoms with Crippen LogP contribution in [0.5, 0.6) is 0 Å². The minimum atomic E-state index is -4.40. The topological polar surface area (TPSA) is 47.0 Å². The van der Waals surface area contributed by atoms with Crippen LogP contribution in [0.15, 0.2) is 42.5 Å². The molecule has 1 fully saturated rings. The van der Waals surface area contributed by atoms with Gasteiger partial charge in [0.25, 0.3) is 0 Å². The summed E-state index contributed by atoms with van der Waals surface area (Å²) < 4.78 is 41.0. The number of benzene rings is 2. The van der Waals surface area contributed by atoms with Gasteiger partial charge >= 0.3 is 12.3 Å². The fourth-order valence-electron chi connectivity index (χ4n) is 4.54. The summed E-state index contributed by atoms with van der Waals surface area (Å²) >= 11 is 0. The number of carbonyl (C=O) groups is 1. The molecule has 8 heteroatoms. The van der Waals surface area contributed by atoms with E-state index in [0.29, 0.717) is 50.3 Å². The highest BCUT2D eigenvalue weighted by molar-refractivity contribution is 5.67. The summed E-state index contributed by atoms with van der Waals surface area (Å²) in [5.74, 6) is 0. The molecular weight excluding hydrogens is 395 g/mol. The van der Waals surface area contributed by atoms with Crippen molar-refractivity contribution in [3.63, 3.8) is 0 Å². The Morgan fingerprint density at radius 3 is 2.37 bits per heavy atom. The Balaban J connectivity index is 1.71. The maximum absolute atomic E-state index is 13.7. The van der Waals surface area contributed by atoms with E-state index in [9.17, 15) is 23.1 Å². The molecule has 5 nitrogen and oxygen atoms in total. The molecular formula is C22H24F3N3O2. The van der Waals surface area contributed by atoms with Gasteiger partial charge in [0.1, 0.15) is 0 Å². The van der Waals surface area contributed by atoms with Crippen LogP contribution >= 0.6 is 0 Å². The number of para-hydroxylation sites is 1. The predicted octanol–water partition coefficient (Wildman–Crippen LogP) is 4.46. The van der Waals surface area contributed by atoms with Crippen molar-refractivity contribution in [1.29, 1.82) is 0 Å². The maximum atomic E-state index is 13.7. The quantitative estimate of drug-likeness (QED) is 0.781. The highest BCUT2D eigenvalue weighted by Crippen LogP contribution is 2.40. The lowest BCUT2D eigenvalue weighted by Crippen LogP contribution is -2.54. The Morgan fingerprint density at radius 1 is 1.00 bits per heavy atom. The molecule has 0 spiro atoms. The van der Waals surface area contributed by atoms with Gasteiger partial charge in [0.05, 0.1) is 5.56 Å². The van der Waals surface area contributed by atoms with E-state index in [4.69, 9.17) is 0 Å². The van der Waals surface area contributed by atoms with E-state index in [0.717, 1.165) is 11.4 Å². The first-order valence-electron chi connectivity index (χ1n) is 10.0. The summed E-state index contributed by atoms with van der Waals surface area (Å²) in [7, 11) is 0. The Labute approximate surface area is 173 Å². The minimum Gasteiger partial charge on any atom is -0.465 e. The van der Waals surface area contributed by atoms with Crippen molar-refractivity contribution in [3.05, 3.63) is 59.2 Å². The molecule has 4 rings (SSSR count). The fraction of sp³-hybridized carbons (Fsp3) is 0.409. The molecule has 0 aromatic heterocycles. The highest BCUT2D eigenvalue weighted by Gasteiger charge is 2.37. The van der Waals surface area contributed by atoms with Crippen molar-refractivity contribution < 1.29 is 23.1 Å². The van der Waals surface area contributed by atoms with Gasteiger partial charge in [-0.15, -0.1) is 0 Å². The van der Waals surface area contributed by atoms with Crippen molar-refractivity contribution in [3.8, 4) is 0 Å². The SMILES string of the molecule is C[C@@H]1CN(c2ccc(C(F)(F)F)c3c2CN(c2ccccc2)CC3)CCN1C(=O)O. The maximum Gasteiger partial charge on any atom is 0.416 e. The second-order valence-corrected chi connectivity index (χ2v) is 7.87. The van der Waals surface area contributed by atoms with E-state index in [1.807, 2.05) is 42.2 Å². The van der Waals surface area contributed by atoms with Crippen LogP contribution in [0.3, 0.4) is 0 Å². The standard InChI is InChI=1S/C22H24F3N3O2/c1-15-13-27(11-12-28(15)21(29)30)20-8-7-19(22(23,24)25)17-9-10-26(14-18(17)20)16-5-3-2-4-6-16/h2-8,15H,9-14H2,1H3,(H,29,30)/t15-/m1/s1. The lowest BCUT2D eigenvalue weighted by molar-refractivity contribution is -0.138. The number of hydrogen-bond acceptors (Lipinski definition) is 3. The van der Waals surface area contributed by atoms with Crippen LogP contribution in [0.1, 0.15) is 23.6 Å². The Bertz CT molecular complexity index is 933. The van der Waals surface area contributed by atoms with Gasteiger partial charge in [-0.1, -0.05) is 18.2 Å². The second kappa shape index (κ2) is 7.74. The molecule has 0 bridgehead atoms. The largest absolute Gasteiger partial charge is 0.465 e. The number of nitrogens with zero attached hydrogens (tertiary/aromatic N) is 3. The number of fused-ring (bicyclic) bond motifs is 1. The Kier molecular flexibility index (Phi) is 5.26. The third-order valence-corrected chi connectivity index (χ3v) is 6.03. The molecule has 0 radical (unpaired) electrons. The zero-order valence-corrected chi connectivity index (χ0v) is 16.7. The first kappa shape index (κ1) is 20.4. The molecule has 0 unspecified atom stereocenters. The molecule has 160 valence electrons. The molecule has 1 amide bonds. The molecule has 2 heterocycles. The van der Waals surface area contributed by atoms with Crippen LogP contribution in [0.2, 0.25) is 0 Å². The molecule has 2 aromatic rings. The number of alkyl halides is 3. The molecule has 2 aliphatic heterocycles. The van der Waals surface area contributed by atoms with Crippen molar-refractivity contribution in [2.45, 2.75) is 32.1 Å². The molecule has 1 atom stereocenters. The summed E-state index contributed by atoms with van der Waals surface area (Å²) in [4.78, 5) is 16.9. The molecule has 0 saturated carbocycles. The molecule has 30 heavy (non-hydrogen) atoms. The lowest BCUT2D eigenvalue weighted by Gasteiger charge is -2.42. The van der Waals surface area contributed by atoms with Crippen LogP contribution < -0.4 is 9.80 Å². The van der Waals surface area contributed by atoms with Gasteiger partial charge in [0.15, 0.2) is 0 Å². The number of hydrogen-bond donors (Lipinski definition) is 1. The van der Waals surface area contributed by atoms with Gasteiger partial charge in [-0.2, -0.15) is 13.2 Å². The van der Waals surface area contributed by atoms with Gasteiger partial charge in [0, 0.05) is 50.1 Å². The average Bonchev–Trinajstić information content (AvgIpc) is 2.72. The predicted molar refractivity (Wildman–Crippen MR) is 109 cm³/mol. The normalized spacial score (nSPS) is 19.6. The zero-order valence-electron chi connectivity index (χ0n) is 16.7. The van der Waals surface area contributed by atoms with Crippen molar-refractivity contribution in [1.82, 2.24) is 4.90 Å². The number of carboxylic acid groups (broad SMARTS) is 1. The molecule has 1 saturated heterocycles. The van der Waals surface area contributed by atoms with E-state index in [1.54, 1.807) is 6.07 Å². The van der Waals surface area contributed by atoms with Gasteiger partial charge in [-0.3, -0.25) is 0 Å². The van der Waals surface area contributed by atoms with E-state index in [1.165, 1.54) is 11.0 Å². The van der Waals surface area contributed by atoms with Crippen LogP contribution in [0.4, 0.5) is 29.3 Å². The number of amides is 1. The van der Waals surface area contributed by atoms with E-state index in [-0.39, 0.29) is 6.04 Å². The lowest BCUT2D eigenvalue weighted by atomic mass is 9.91. The van der Waals surface area contributed by atoms with E-state index >= 15 is 0 Å². The van der Waals surface area contributed by atoms with Crippen LogP contribution in [0.25, 0.3) is 0 Å². The monoisotopic (exact) mass is 419 g/mol. The summed E-state index contributed by atoms with van der Waals surface area (Å²) in [5, 5.41) is 9.32. The molecule has 2 aromatic carbocycles. The average molecular weight is 419 g/mol. The van der Waals surface area contributed by atoms with Crippen LogP contribution in [-0.4, -0.2) is 48.3 Å². The number of rotatable bonds is 2. The summed E-state index contributed by atoms with van der Waals surface area (Å²) in [6, 6.07) is 12.2. The zero-order chi connectivity index (χ0) is 21.5.